The van der Waals surface area contributed by atoms with E-state index in [-0.39, 0.29) is 12.3 Å². The Bertz CT molecular complexity index is 508. The molecule has 0 aliphatic rings. The third-order valence-electron chi connectivity index (χ3n) is 1.87. The third-order valence-corrected chi connectivity index (χ3v) is 3.34. The number of nitrogens with one attached hydrogen (secondary N) is 2. The number of nitriles is 1. The summed E-state index contributed by atoms with van der Waals surface area (Å²) < 4.78 is 25.0. The molecule has 0 atom stereocenters. The van der Waals surface area contributed by atoms with E-state index in [1.165, 1.54) is 12.3 Å². The predicted molar refractivity (Wildman–Crippen MR) is 62.7 cm³/mol. The molecule has 0 amide bonds. The van der Waals surface area contributed by atoms with E-state index in [4.69, 9.17) is 5.26 Å². The molecule has 0 radical (unpaired) electrons. The molecule has 0 saturated carbocycles. The molecule has 0 aromatic carbocycles. The van der Waals surface area contributed by atoms with Crippen LogP contribution in [0.1, 0.15) is 12.5 Å². The standard InChI is InChI=1S/C9H13N5O2S/c1-2-13-17(15,16)6-5-11-9-8(7-10)3-4-12-14-9/h3-4,13H,2,5-6H2,1H3,(H,11,14). The lowest BCUT2D eigenvalue weighted by molar-refractivity contribution is 0.584. The van der Waals surface area contributed by atoms with Crippen LogP contribution in [-0.2, 0) is 10.0 Å². The summed E-state index contributed by atoms with van der Waals surface area (Å²) in [5.74, 6) is 0.212. The summed E-state index contributed by atoms with van der Waals surface area (Å²) in [7, 11) is -3.26. The lowest BCUT2D eigenvalue weighted by atomic mass is 10.3. The molecule has 17 heavy (non-hydrogen) atoms. The van der Waals surface area contributed by atoms with Crippen LogP contribution in [0.3, 0.4) is 0 Å². The molecule has 0 spiro atoms. The van der Waals surface area contributed by atoms with Crippen LogP contribution in [0.5, 0.6) is 0 Å². The van der Waals surface area contributed by atoms with Gasteiger partial charge in [0.05, 0.1) is 17.5 Å². The highest BCUT2D eigenvalue weighted by Crippen LogP contribution is 2.07. The van der Waals surface area contributed by atoms with Gasteiger partial charge in [-0.15, -0.1) is 5.10 Å². The van der Waals surface area contributed by atoms with Crippen molar-refractivity contribution < 1.29 is 8.42 Å². The summed E-state index contributed by atoms with van der Waals surface area (Å²) in [5.41, 5.74) is 0.334. The summed E-state index contributed by atoms with van der Waals surface area (Å²) in [6, 6.07) is 3.45. The molecule has 2 N–H and O–H groups in total. The van der Waals surface area contributed by atoms with E-state index in [9.17, 15) is 8.42 Å². The highest BCUT2D eigenvalue weighted by molar-refractivity contribution is 7.89. The van der Waals surface area contributed by atoms with Crippen LogP contribution in [0.4, 0.5) is 5.82 Å². The fraction of sp³-hybridized carbons (Fsp3) is 0.444. The van der Waals surface area contributed by atoms with E-state index in [0.717, 1.165) is 0 Å². The van der Waals surface area contributed by atoms with Crippen LogP contribution >= 0.6 is 0 Å². The Kier molecular flexibility index (Phi) is 4.81. The Morgan fingerprint density at radius 1 is 1.53 bits per heavy atom. The van der Waals surface area contributed by atoms with Crippen LogP contribution in [0.15, 0.2) is 12.3 Å². The summed E-state index contributed by atoms with van der Waals surface area (Å²) in [6.07, 6.45) is 1.40. The van der Waals surface area contributed by atoms with Gasteiger partial charge in [0.2, 0.25) is 10.0 Å². The number of nitrogens with zero attached hydrogens (tertiary/aromatic N) is 3. The van der Waals surface area contributed by atoms with Crippen molar-refractivity contribution in [3.8, 4) is 6.07 Å². The Hall–Kier alpha value is -1.72. The second-order valence-electron chi connectivity index (χ2n) is 3.15. The number of anilines is 1. The van der Waals surface area contributed by atoms with Gasteiger partial charge < -0.3 is 5.32 Å². The first-order chi connectivity index (χ1) is 8.09. The average Bonchev–Trinajstić information content (AvgIpc) is 2.29. The number of hydrogen-bond donors (Lipinski definition) is 2. The molecule has 7 nitrogen and oxygen atoms in total. The lowest BCUT2D eigenvalue weighted by Crippen LogP contribution is -2.29. The van der Waals surface area contributed by atoms with Crippen LogP contribution in [0.2, 0.25) is 0 Å². The molecule has 0 aliphatic carbocycles. The third kappa shape index (κ3) is 4.34. The minimum absolute atomic E-state index is 0.0811. The Morgan fingerprint density at radius 3 is 2.94 bits per heavy atom. The van der Waals surface area contributed by atoms with Gasteiger partial charge in [0.15, 0.2) is 5.82 Å². The number of hydrogen-bond acceptors (Lipinski definition) is 6. The first kappa shape index (κ1) is 13.3. The van der Waals surface area contributed by atoms with Gasteiger partial charge in [0.1, 0.15) is 6.07 Å². The molecule has 1 aromatic rings. The zero-order chi connectivity index (χ0) is 12.7. The van der Waals surface area contributed by atoms with E-state index in [1.807, 2.05) is 6.07 Å². The minimum atomic E-state index is -3.26. The second-order valence-corrected chi connectivity index (χ2v) is 5.08. The van der Waals surface area contributed by atoms with Crippen molar-refractivity contribution in [2.24, 2.45) is 0 Å². The topological polar surface area (TPSA) is 108 Å². The van der Waals surface area contributed by atoms with E-state index in [2.05, 4.69) is 20.2 Å². The molecule has 0 saturated heterocycles. The normalized spacial score (nSPS) is 10.8. The molecule has 0 aliphatic heterocycles. The number of rotatable bonds is 6. The molecule has 8 heteroatoms. The van der Waals surface area contributed by atoms with E-state index >= 15 is 0 Å². The molecule has 1 rings (SSSR count). The molecule has 1 aromatic heterocycles. The zero-order valence-corrected chi connectivity index (χ0v) is 10.2. The summed E-state index contributed by atoms with van der Waals surface area (Å²) in [4.78, 5) is 0. The highest BCUT2D eigenvalue weighted by Gasteiger charge is 2.09. The van der Waals surface area contributed by atoms with Crippen molar-refractivity contribution in [3.05, 3.63) is 17.8 Å². The van der Waals surface area contributed by atoms with Gasteiger partial charge in [-0.05, 0) is 6.07 Å². The van der Waals surface area contributed by atoms with Crippen molar-refractivity contribution in [3.63, 3.8) is 0 Å². The van der Waals surface area contributed by atoms with Crippen molar-refractivity contribution >= 4 is 15.8 Å². The van der Waals surface area contributed by atoms with E-state index in [1.54, 1.807) is 6.92 Å². The fourth-order valence-corrected chi connectivity index (χ4v) is 2.10. The monoisotopic (exact) mass is 255 g/mol. The van der Waals surface area contributed by atoms with E-state index < -0.39 is 10.0 Å². The Morgan fingerprint density at radius 2 is 2.29 bits per heavy atom. The maximum Gasteiger partial charge on any atom is 0.213 e. The van der Waals surface area contributed by atoms with Crippen molar-refractivity contribution in [1.82, 2.24) is 14.9 Å². The zero-order valence-electron chi connectivity index (χ0n) is 9.34. The molecule has 0 bridgehead atoms. The van der Waals surface area contributed by atoms with Crippen molar-refractivity contribution in [2.75, 3.05) is 24.2 Å². The maximum atomic E-state index is 11.3. The summed E-state index contributed by atoms with van der Waals surface area (Å²) in [5, 5.41) is 18.9. The first-order valence-electron chi connectivity index (χ1n) is 5.02. The van der Waals surface area contributed by atoms with Crippen molar-refractivity contribution in [1.29, 1.82) is 5.26 Å². The van der Waals surface area contributed by atoms with Gasteiger partial charge in [-0.25, -0.2) is 13.1 Å². The summed E-state index contributed by atoms with van der Waals surface area (Å²) >= 11 is 0. The first-order valence-corrected chi connectivity index (χ1v) is 6.67. The van der Waals surface area contributed by atoms with E-state index in [0.29, 0.717) is 17.9 Å². The number of sulfonamides is 1. The molecular weight excluding hydrogens is 242 g/mol. The van der Waals surface area contributed by atoms with Crippen LogP contribution in [0.25, 0.3) is 0 Å². The van der Waals surface area contributed by atoms with Gasteiger partial charge in [-0.2, -0.15) is 10.4 Å². The van der Waals surface area contributed by atoms with Gasteiger partial charge in [-0.3, -0.25) is 0 Å². The van der Waals surface area contributed by atoms with Crippen molar-refractivity contribution in [2.45, 2.75) is 6.92 Å². The highest BCUT2D eigenvalue weighted by atomic mass is 32.2. The molecular formula is C9H13N5O2S. The van der Waals surface area contributed by atoms with Gasteiger partial charge in [0, 0.05) is 13.1 Å². The molecule has 1 heterocycles. The van der Waals surface area contributed by atoms with Crippen LogP contribution < -0.4 is 10.0 Å². The smallest absolute Gasteiger partial charge is 0.213 e. The van der Waals surface area contributed by atoms with Crippen LogP contribution in [-0.4, -0.2) is 37.5 Å². The second kappa shape index (κ2) is 6.12. The van der Waals surface area contributed by atoms with Gasteiger partial charge in [0.25, 0.3) is 0 Å². The van der Waals surface area contributed by atoms with Gasteiger partial charge >= 0.3 is 0 Å². The Balaban J connectivity index is 2.55. The predicted octanol–water partition coefficient (Wildman–Crippen LogP) is -0.301. The SMILES string of the molecule is CCNS(=O)(=O)CCNc1nnccc1C#N. The molecule has 0 unspecified atom stereocenters. The van der Waals surface area contributed by atoms with Gasteiger partial charge in [-0.1, -0.05) is 6.92 Å². The lowest BCUT2D eigenvalue weighted by Gasteiger charge is -2.06. The Labute approximate surface area is 99.9 Å². The quantitative estimate of drug-likeness (QED) is 0.722. The van der Waals surface area contributed by atoms with Crippen LogP contribution in [0, 0.1) is 11.3 Å². The maximum absolute atomic E-state index is 11.3. The molecule has 92 valence electrons. The minimum Gasteiger partial charge on any atom is -0.366 e. The largest absolute Gasteiger partial charge is 0.366 e. The average molecular weight is 255 g/mol. The fourth-order valence-electron chi connectivity index (χ4n) is 1.15. The number of aromatic nitrogens is 2. The molecule has 0 fully saturated rings. The summed E-state index contributed by atoms with van der Waals surface area (Å²) in [6.45, 7) is 2.24.